The van der Waals surface area contributed by atoms with Crippen molar-refractivity contribution in [3.05, 3.63) is 17.7 Å². The first-order chi connectivity index (χ1) is 10.3. The summed E-state index contributed by atoms with van der Waals surface area (Å²) in [5.74, 6) is -2.66. The molecule has 0 bridgehead atoms. The molecule has 8 heteroatoms. The Morgan fingerprint density at radius 1 is 1.05 bits per heavy atom. The highest BCUT2D eigenvalue weighted by molar-refractivity contribution is 5.71. The maximum Gasteiger partial charge on any atom is 0.396 e. The van der Waals surface area contributed by atoms with Crippen LogP contribution >= 0.6 is 0 Å². The van der Waals surface area contributed by atoms with Crippen LogP contribution in [0.2, 0.25) is 0 Å². The zero-order chi connectivity index (χ0) is 16.9. The number of carbonyl (C=O) groups excluding carboxylic acids is 1. The number of ether oxygens (including phenoxy) is 4. The van der Waals surface area contributed by atoms with Crippen LogP contribution in [0, 0.1) is 0 Å². The molecular weight excluding hydrogens is 305 g/mol. The van der Waals surface area contributed by atoms with E-state index < -0.39 is 24.5 Å². The fourth-order valence-corrected chi connectivity index (χ4v) is 1.98. The molecule has 0 aromatic heterocycles. The molecule has 0 aliphatic heterocycles. The fraction of sp³-hybridized carbons (Fsp3) is 0.500. The van der Waals surface area contributed by atoms with Crippen molar-refractivity contribution in [2.45, 2.75) is 18.5 Å². The van der Waals surface area contributed by atoms with Crippen LogP contribution < -0.4 is 14.2 Å². The number of hydrogen-bond acceptors (Lipinski definition) is 5. The molecule has 22 heavy (non-hydrogen) atoms. The van der Waals surface area contributed by atoms with Gasteiger partial charge in [0, 0.05) is 0 Å². The molecule has 0 radical (unpaired) electrons. The maximum atomic E-state index is 13.2. The molecule has 0 spiro atoms. The van der Waals surface area contributed by atoms with Crippen molar-refractivity contribution >= 4 is 5.97 Å². The molecule has 1 rings (SSSR count). The van der Waals surface area contributed by atoms with Crippen LogP contribution in [0.1, 0.15) is 17.9 Å². The third-order valence-corrected chi connectivity index (χ3v) is 3.08. The highest BCUT2D eigenvalue weighted by Gasteiger charge is 2.43. The molecule has 1 atom stereocenters. The number of hydrogen-bond donors (Lipinski definition) is 0. The highest BCUT2D eigenvalue weighted by atomic mass is 19.4. The predicted molar refractivity (Wildman–Crippen MR) is 71.5 cm³/mol. The van der Waals surface area contributed by atoms with Crippen LogP contribution in [-0.2, 0) is 9.53 Å². The van der Waals surface area contributed by atoms with Gasteiger partial charge in [0.1, 0.15) is 0 Å². The van der Waals surface area contributed by atoms with Gasteiger partial charge in [-0.3, -0.25) is 4.79 Å². The van der Waals surface area contributed by atoms with E-state index >= 15 is 0 Å². The molecule has 0 aliphatic rings. The van der Waals surface area contributed by atoms with Gasteiger partial charge < -0.3 is 18.9 Å². The lowest BCUT2D eigenvalue weighted by atomic mass is 9.94. The summed E-state index contributed by atoms with van der Waals surface area (Å²) in [6, 6.07) is 2.34. The number of halogens is 3. The molecule has 0 saturated heterocycles. The van der Waals surface area contributed by atoms with E-state index in [1.807, 2.05) is 0 Å². The van der Waals surface area contributed by atoms with Crippen molar-refractivity contribution in [2.24, 2.45) is 0 Å². The molecule has 1 aromatic rings. The summed E-state index contributed by atoms with van der Waals surface area (Å²) in [7, 11) is 4.97. The Morgan fingerprint density at radius 2 is 1.55 bits per heavy atom. The number of rotatable bonds is 6. The summed E-state index contributed by atoms with van der Waals surface area (Å²) < 4.78 is 59.1. The second-order valence-corrected chi connectivity index (χ2v) is 4.33. The normalized spacial score (nSPS) is 12.5. The third kappa shape index (κ3) is 3.96. The monoisotopic (exact) mass is 322 g/mol. The molecule has 0 amide bonds. The topological polar surface area (TPSA) is 54.0 Å². The lowest BCUT2D eigenvalue weighted by molar-refractivity contribution is -0.165. The SMILES string of the molecule is COC(=O)CC(c1cc(OC)c(OC)c(OC)c1)C(F)(F)F. The van der Waals surface area contributed by atoms with Crippen molar-refractivity contribution in [1.29, 1.82) is 0 Å². The van der Waals surface area contributed by atoms with Gasteiger partial charge in [0.25, 0.3) is 0 Å². The van der Waals surface area contributed by atoms with Gasteiger partial charge in [-0.05, 0) is 17.7 Å². The minimum atomic E-state index is -4.63. The van der Waals surface area contributed by atoms with E-state index in [4.69, 9.17) is 14.2 Å². The summed E-state index contributed by atoms with van der Waals surface area (Å²) in [5, 5.41) is 0. The van der Waals surface area contributed by atoms with E-state index in [1.54, 1.807) is 0 Å². The van der Waals surface area contributed by atoms with Gasteiger partial charge in [-0.1, -0.05) is 0 Å². The summed E-state index contributed by atoms with van der Waals surface area (Å²) >= 11 is 0. The Bertz CT molecular complexity index is 503. The molecule has 0 fully saturated rings. The summed E-state index contributed by atoms with van der Waals surface area (Å²) in [6.07, 6.45) is -5.46. The van der Waals surface area contributed by atoms with Gasteiger partial charge in [-0.25, -0.2) is 0 Å². The fourth-order valence-electron chi connectivity index (χ4n) is 1.98. The molecule has 0 saturated carbocycles. The first kappa shape index (κ1) is 17.9. The number of esters is 1. The van der Waals surface area contributed by atoms with E-state index in [1.165, 1.54) is 33.5 Å². The van der Waals surface area contributed by atoms with E-state index in [0.29, 0.717) is 0 Å². The van der Waals surface area contributed by atoms with Gasteiger partial charge in [0.05, 0.1) is 40.8 Å². The Balaban J connectivity index is 3.39. The molecule has 0 aliphatic carbocycles. The Kier molecular flexibility index (Phi) is 5.90. The van der Waals surface area contributed by atoms with Gasteiger partial charge in [-0.15, -0.1) is 0 Å². The highest BCUT2D eigenvalue weighted by Crippen LogP contribution is 2.45. The summed E-state index contributed by atoms with van der Waals surface area (Å²) in [5.41, 5.74) is -0.174. The van der Waals surface area contributed by atoms with Crippen molar-refractivity contribution < 1.29 is 36.9 Å². The Labute approximate surface area is 125 Å². The van der Waals surface area contributed by atoms with Crippen LogP contribution in [0.3, 0.4) is 0 Å². The molecular formula is C14H17F3O5. The molecule has 124 valence electrons. The number of benzene rings is 1. The predicted octanol–water partition coefficient (Wildman–Crippen LogP) is 2.92. The average Bonchev–Trinajstić information content (AvgIpc) is 2.49. The quantitative estimate of drug-likeness (QED) is 0.754. The van der Waals surface area contributed by atoms with Gasteiger partial charge in [-0.2, -0.15) is 13.2 Å². The number of methoxy groups -OCH3 is 4. The van der Waals surface area contributed by atoms with Crippen LogP contribution in [0.4, 0.5) is 13.2 Å². The molecule has 0 heterocycles. The number of alkyl halides is 3. The molecule has 0 N–H and O–H groups in total. The van der Waals surface area contributed by atoms with Crippen molar-refractivity contribution in [1.82, 2.24) is 0 Å². The van der Waals surface area contributed by atoms with Crippen LogP contribution in [0.25, 0.3) is 0 Å². The van der Waals surface area contributed by atoms with Gasteiger partial charge in [0.15, 0.2) is 11.5 Å². The lowest BCUT2D eigenvalue weighted by Gasteiger charge is -2.22. The maximum absolute atomic E-state index is 13.2. The minimum Gasteiger partial charge on any atom is -0.493 e. The minimum absolute atomic E-state index is 0.0796. The third-order valence-electron chi connectivity index (χ3n) is 3.08. The first-order valence-electron chi connectivity index (χ1n) is 6.21. The Hall–Kier alpha value is -2.12. The van der Waals surface area contributed by atoms with E-state index in [-0.39, 0.29) is 22.8 Å². The smallest absolute Gasteiger partial charge is 0.396 e. The average molecular weight is 322 g/mol. The molecule has 5 nitrogen and oxygen atoms in total. The second kappa shape index (κ2) is 7.24. The first-order valence-corrected chi connectivity index (χ1v) is 6.21. The van der Waals surface area contributed by atoms with Crippen LogP contribution in [-0.4, -0.2) is 40.6 Å². The second-order valence-electron chi connectivity index (χ2n) is 4.33. The lowest BCUT2D eigenvalue weighted by Crippen LogP contribution is -2.24. The Morgan fingerprint density at radius 3 is 1.86 bits per heavy atom. The van der Waals surface area contributed by atoms with Gasteiger partial charge in [0.2, 0.25) is 5.75 Å². The summed E-state index contributed by atoms with van der Waals surface area (Å²) in [4.78, 5) is 11.3. The zero-order valence-electron chi connectivity index (χ0n) is 12.6. The van der Waals surface area contributed by atoms with Crippen molar-refractivity contribution in [3.8, 4) is 17.2 Å². The zero-order valence-corrected chi connectivity index (χ0v) is 12.6. The van der Waals surface area contributed by atoms with Gasteiger partial charge >= 0.3 is 12.1 Å². The van der Waals surface area contributed by atoms with Crippen molar-refractivity contribution in [2.75, 3.05) is 28.4 Å². The molecule has 1 unspecified atom stereocenters. The summed E-state index contributed by atoms with van der Waals surface area (Å²) in [6.45, 7) is 0. The van der Waals surface area contributed by atoms with E-state index in [2.05, 4.69) is 4.74 Å². The van der Waals surface area contributed by atoms with Crippen LogP contribution in [0.5, 0.6) is 17.2 Å². The van der Waals surface area contributed by atoms with E-state index in [9.17, 15) is 18.0 Å². The van der Waals surface area contributed by atoms with Crippen LogP contribution in [0.15, 0.2) is 12.1 Å². The van der Waals surface area contributed by atoms with Crippen molar-refractivity contribution in [3.63, 3.8) is 0 Å². The largest absolute Gasteiger partial charge is 0.493 e. The van der Waals surface area contributed by atoms with E-state index in [0.717, 1.165) is 7.11 Å². The molecule has 1 aromatic carbocycles. The number of carbonyl (C=O) groups is 1. The standard InChI is InChI=1S/C14H17F3O5/c1-19-10-5-8(6-11(20-2)13(10)22-4)9(14(15,16)17)7-12(18)21-3/h5-6,9H,7H2,1-4H3.